The number of furan rings is 1. The SMILES string of the molecule is Nc1nc(NCCN2CCN(c3ccc(OCCN4CCOCC4)cc3)CC2)nc2cc(-c3ccco3)nn12. The molecule has 0 aliphatic carbocycles. The summed E-state index contributed by atoms with van der Waals surface area (Å²) in [4.78, 5) is 16.2. The molecule has 0 atom stereocenters. The van der Waals surface area contributed by atoms with Crippen molar-refractivity contribution in [3.8, 4) is 17.2 Å². The third kappa shape index (κ3) is 6.24. The normalized spacial score (nSPS) is 17.1. The van der Waals surface area contributed by atoms with Gasteiger partial charge in [-0.15, -0.1) is 0 Å². The quantitative estimate of drug-likeness (QED) is 0.311. The summed E-state index contributed by atoms with van der Waals surface area (Å²) in [5.41, 5.74) is 8.65. The summed E-state index contributed by atoms with van der Waals surface area (Å²) in [6.07, 6.45) is 1.61. The molecular weight excluding hydrogens is 498 g/mol. The summed E-state index contributed by atoms with van der Waals surface area (Å²) in [5.74, 6) is 2.36. The van der Waals surface area contributed by atoms with Gasteiger partial charge in [0.25, 0.3) is 0 Å². The average Bonchev–Trinajstić information content (AvgIpc) is 3.65. The lowest BCUT2D eigenvalue weighted by molar-refractivity contribution is 0.0322. The number of rotatable bonds is 10. The lowest BCUT2D eigenvalue weighted by Crippen LogP contribution is -2.47. The van der Waals surface area contributed by atoms with Crippen LogP contribution in [0.1, 0.15) is 0 Å². The van der Waals surface area contributed by atoms with Crippen molar-refractivity contribution in [2.75, 3.05) is 94.7 Å². The number of morpholine rings is 1. The zero-order chi connectivity index (χ0) is 26.4. The Hall–Kier alpha value is -3.87. The molecule has 5 heterocycles. The topological polar surface area (TPSA) is 122 Å². The Morgan fingerprint density at radius 2 is 1.72 bits per heavy atom. The number of nitrogens with two attached hydrogens (primary N) is 1. The van der Waals surface area contributed by atoms with Crippen LogP contribution in [-0.2, 0) is 4.74 Å². The zero-order valence-corrected chi connectivity index (χ0v) is 22.0. The number of nitrogens with zero attached hydrogens (tertiary/aromatic N) is 7. The highest BCUT2D eigenvalue weighted by Crippen LogP contribution is 2.22. The fourth-order valence-corrected chi connectivity index (χ4v) is 4.96. The molecule has 2 aliphatic rings. The van der Waals surface area contributed by atoms with Crippen LogP contribution in [0.2, 0.25) is 0 Å². The van der Waals surface area contributed by atoms with Gasteiger partial charge >= 0.3 is 0 Å². The first-order valence-electron chi connectivity index (χ1n) is 13.5. The van der Waals surface area contributed by atoms with E-state index in [-0.39, 0.29) is 5.95 Å². The van der Waals surface area contributed by atoms with Gasteiger partial charge in [0.1, 0.15) is 18.1 Å². The second-order valence-electron chi connectivity index (χ2n) is 9.73. The molecular formula is C27H35N9O3. The molecule has 3 aromatic heterocycles. The predicted octanol–water partition coefficient (Wildman–Crippen LogP) is 1.91. The van der Waals surface area contributed by atoms with Crippen LogP contribution in [0.5, 0.6) is 5.75 Å². The lowest BCUT2D eigenvalue weighted by Gasteiger charge is -2.36. The molecule has 1 aromatic carbocycles. The summed E-state index contributed by atoms with van der Waals surface area (Å²) in [7, 11) is 0. The molecule has 6 rings (SSSR count). The lowest BCUT2D eigenvalue weighted by atomic mass is 10.2. The van der Waals surface area contributed by atoms with Crippen LogP contribution in [0.15, 0.2) is 53.1 Å². The fourth-order valence-electron chi connectivity index (χ4n) is 4.96. The van der Waals surface area contributed by atoms with E-state index in [9.17, 15) is 0 Å². The van der Waals surface area contributed by atoms with E-state index in [0.29, 0.717) is 29.7 Å². The number of nitrogen functional groups attached to an aromatic ring is 1. The molecule has 0 bridgehead atoms. The van der Waals surface area contributed by atoms with E-state index in [1.165, 1.54) is 10.2 Å². The van der Waals surface area contributed by atoms with Crippen molar-refractivity contribution < 1.29 is 13.9 Å². The summed E-state index contributed by atoms with van der Waals surface area (Å²) >= 11 is 0. The standard InChI is InChI=1S/C27H35N9O3/c28-26-31-27(30-25-20-23(32-36(25)26)24-2-1-16-39-24)29-7-8-33-9-11-35(12-10-33)21-3-5-22(6-4-21)38-19-15-34-13-17-37-18-14-34/h1-6,16,20H,7-15,17-19H2,(H3,28,29,30,31). The number of ether oxygens (including phenoxy) is 2. The van der Waals surface area contributed by atoms with Gasteiger partial charge in [-0.25, -0.2) is 0 Å². The Morgan fingerprint density at radius 1 is 0.923 bits per heavy atom. The Kier molecular flexibility index (Phi) is 7.75. The van der Waals surface area contributed by atoms with Gasteiger partial charge in [-0.3, -0.25) is 9.80 Å². The van der Waals surface area contributed by atoms with Crippen LogP contribution in [0.25, 0.3) is 17.1 Å². The minimum absolute atomic E-state index is 0.280. The largest absolute Gasteiger partial charge is 0.492 e. The van der Waals surface area contributed by atoms with E-state index in [4.69, 9.17) is 19.6 Å². The van der Waals surface area contributed by atoms with Crippen LogP contribution in [0.3, 0.4) is 0 Å². The van der Waals surface area contributed by atoms with Crippen LogP contribution in [0, 0.1) is 0 Å². The zero-order valence-electron chi connectivity index (χ0n) is 22.0. The molecule has 4 aromatic rings. The highest BCUT2D eigenvalue weighted by molar-refractivity contribution is 5.61. The maximum absolute atomic E-state index is 6.12. The molecule has 2 aliphatic heterocycles. The van der Waals surface area contributed by atoms with Gasteiger partial charge in [-0.05, 0) is 36.4 Å². The molecule has 0 spiro atoms. The Morgan fingerprint density at radius 3 is 2.49 bits per heavy atom. The third-order valence-electron chi connectivity index (χ3n) is 7.19. The number of benzene rings is 1. The number of hydrogen-bond donors (Lipinski definition) is 2. The van der Waals surface area contributed by atoms with Crippen molar-refractivity contribution in [1.82, 2.24) is 29.4 Å². The van der Waals surface area contributed by atoms with Gasteiger partial charge in [0.2, 0.25) is 11.9 Å². The molecule has 206 valence electrons. The van der Waals surface area contributed by atoms with Gasteiger partial charge in [0, 0.05) is 70.7 Å². The van der Waals surface area contributed by atoms with Gasteiger partial charge < -0.3 is 29.8 Å². The summed E-state index contributed by atoms with van der Waals surface area (Å²) in [6.45, 7) is 10.8. The second-order valence-corrected chi connectivity index (χ2v) is 9.73. The molecule has 12 heteroatoms. The second kappa shape index (κ2) is 11.9. The van der Waals surface area contributed by atoms with Gasteiger partial charge in [-0.2, -0.15) is 19.6 Å². The summed E-state index contributed by atoms with van der Waals surface area (Å²) < 4.78 is 18.3. The van der Waals surface area contributed by atoms with E-state index in [2.05, 4.69) is 59.3 Å². The molecule has 0 unspecified atom stereocenters. The smallest absolute Gasteiger partial charge is 0.228 e. The van der Waals surface area contributed by atoms with Crippen molar-refractivity contribution >= 4 is 23.2 Å². The Bertz CT molecular complexity index is 1330. The van der Waals surface area contributed by atoms with Crippen molar-refractivity contribution in [3.63, 3.8) is 0 Å². The molecule has 39 heavy (non-hydrogen) atoms. The van der Waals surface area contributed by atoms with E-state index in [1.54, 1.807) is 6.26 Å². The van der Waals surface area contributed by atoms with Gasteiger partial charge in [0.05, 0.1) is 19.5 Å². The first kappa shape index (κ1) is 25.4. The first-order valence-corrected chi connectivity index (χ1v) is 13.5. The predicted molar refractivity (Wildman–Crippen MR) is 149 cm³/mol. The van der Waals surface area contributed by atoms with Crippen molar-refractivity contribution in [3.05, 3.63) is 48.7 Å². The maximum Gasteiger partial charge on any atom is 0.228 e. The third-order valence-corrected chi connectivity index (χ3v) is 7.19. The monoisotopic (exact) mass is 533 g/mol. The number of fused-ring (bicyclic) bond motifs is 1. The molecule has 2 saturated heterocycles. The van der Waals surface area contributed by atoms with Gasteiger partial charge in [0.15, 0.2) is 11.4 Å². The van der Waals surface area contributed by atoms with Crippen LogP contribution >= 0.6 is 0 Å². The minimum Gasteiger partial charge on any atom is -0.492 e. The van der Waals surface area contributed by atoms with Gasteiger partial charge in [-0.1, -0.05) is 0 Å². The highest BCUT2D eigenvalue weighted by atomic mass is 16.5. The number of hydrogen-bond acceptors (Lipinski definition) is 11. The van der Waals surface area contributed by atoms with Crippen LogP contribution in [0.4, 0.5) is 17.6 Å². The molecule has 0 amide bonds. The minimum atomic E-state index is 0.280. The maximum atomic E-state index is 6.12. The summed E-state index contributed by atoms with van der Waals surface area (Å²) in [5, 5.41) is 7.75. The summed E-state index contributed by atoms with van der Waals surface area (Å²) in [6, 6.07) is 14.0. The molecule has 0 radical (unpaired) electrons. The van der Waals surface area contributed by atoms with E-state index >= 15 is 0 Å². The van der Waals surface area contributed by atoms with E-state index in [0.717, 1.165) is 77.9 Å². The van der Waals surface area contributed by atoms with Crippen molar-refractivity contribution in [2.45, 2.75) is 0 Å². The Balaban J connectivity index is 0.935. The number of anilines is 3. The van der Waals surface area contributed by atoms with Crippen molar-refractivity contribution in [2.24, 2.45) is 0 Å². The highest BCUT2D eigenvalue weighted by Gasteiger charge is 2.18. The molecule has 2 fully saturated rings. The fraction of sp³-hybridized carbons (Fsp3) is 0.444. The average molecular weight is 534 g/mol. The van der Waals surface area contributed by atoms with E-state index in [1.807, 2.05) is 18.2 Å². The molecule has 3 N–H and O–H groups in total. The Labute approximate surface area is 227 Å². The first-order chi connectivity index (χ1) is 19.2. The number of nitrogens with one attached hydrogen (secondary N) is 1. The number of piperazine rings is 1. The van der Waals surface area contributed by atoms with Crippen LogP contribution in [-0.4, -0.2) is 108 Å². The van der Waals surface area contributed by atoms with E-state index < -0.39 is 0 Å². The number of aromatic nitrogens is 4. The molecule has 12 nitrogen and oxygen atoms in total. The molecule has 0 saturated carbocycles. The van der Waals surface area contributed by atoms with Crippen molar-refractivity contribution in [1.29, 1.82) is 0 Å². The van der Waals surface area contributed by atoms with Crippen LogP contribution < -0.4 is 20.7 Å².